The lowest BCUT2D eigenvalue weighted by Crippen LogP contribution is -2.46. The molecule has 0 radical (unpaired) electrons. The number of benzene rings is 2. The second-order valence-corrected chi connectivity index (χ2v) is 7.97. The van der Waals surface area contributed by atoms with Crippen molar-refractivity contribution in [2.24, 2.45) is 0 Å². The maximum absolute atomic E-state index is 13.4. The molecule has 6 nitrogen and oxygen atoms in total. The second kappa shape index (κ2) is 9.35. The minimum Gasteiger partial charge on any atom is -0.494 e. The lowest BCUT2D eigenvalue weighted by atomic mass is 10.0. The molecule has 0 aliphatic carbocycles. The maximum Gasteiger partial charge on any atom is 0.277 e. The summed E-state index contributed by atoms with van der Waals surface area (Å²) in [6, 6.07) is 17.4. The Bertz CT molecular complexity index is 961. The van der Waals surface area contributed by atoms with Gasteiger partial charge in [0.05, 0.1) is 12.2 Å². The lowest BCUT2D eigenvalue weighted by molar-refractivity contribution is -0.137. The first-order chi connectivity index (χ1) is 15.1. The summed E-state index contributed by atoms with van der Waals surface area (Å²) in [5, 5.41) is 0. The summed E-state index contributed by atoms with van der Waals surface area (Å²) in [4.78, 5) is 32.6. The molecule has 0 atom stereocenters. The second-order valence-electron chi connectivity index (χ2n) is 7.97. The number of piperazine rings is 1. The smallest absolute Gasteiger partial charge is 0.277 e. The Labute approximate surface area is 183 Å². The number of imide groups is 1. The van der Waals surface area contributed by atoms with E-state index in [-0.39, 0.29) is 11.8 Å². The van der Waals surface area contributed by atoms with Crippen LogP contribution in [0.25, 0.3) is 5.57 Å². The van der Waals surface area contributed by atoms with Crippen LogP contribution < -0.4 is 4.74 Å². The van der Waals surface area contributed by atoms with E-state index in [1.165, 1.54) is 4.90 Å². The molecule has 0 N–H and O–H groups in total. The van der Waals surface area contributed by atoms with Gasteiger partial charge in [-0.15, -0.1) is 0 Å². The molecule has 0 aromatic heterocycles. The topological polar surface area (TPSA) is 53.1 Å². The van der Waals surface area contributed by atoms with Crippen LogP contribution in [0, 0.1) is 0 Å². The number of hydrogen-bond acceptors (Lipinski definition) is 5. The van der Waals surface area contributed by atoms with Crippen LogP contribution in [0.5, 0.6) is 5.75 Å². The SMILES string of the molecule is CCOc1ccc(C2=C(N3CCN(C)CC3)C(=O)N(CCc3ccccc3)C2=O)cc1. The monoisotopic (exact) mass is 419 g/mol. The van der Waals surface area contributed by atoms with Gasteiger partial charge in [0.1, 0.15) is 11.4 Å². The molecule has 2 aliphatic rings. The molecule has 1 fully saturated rings. The Hall–Kier alpha value is -3.12. The highest BCUT2D eigenvalue weighted by Crippen LogP contribution is 2.33. The van der Waals surface area contributed by atoms with Gasteiger partial charge >= 0.3 is 0 Å². The number of carbonyl (C=O) groups excluding carboxylic acids is 2. The van der Waals surface area contributed by atoms with E-state index in [4.69, 9.17) is 4.74 Å². The molecule has 2 heterocycles. The van der Waals surface area contributed by atoms with E-state index >= 15 is 0 Å². The number of hydrogen-bond donors (Lipinski definition) is 0. The predicted octanol–water partition coefficient (Wildman–Crippen LogP) is 2.66. The number of ether oxygens (including phenoxy) is 1. The van der Waals surface area contributed by atoms with Crippen molar-refractivity contribution < 1.29 is 14.3 Å². The van der Waals surface area contributed by atoms with E-state index in [1.54, 1.807) is 0 Å². The van der Waals surface area contributed by atoms with E-state index in [9.17, 15) is 9.59 Å². The van der Waals surface area contributed by atoms with Crippen LogP contribution in [0.15, 0.2) is 60.3 Å². The first kappa shape index (κ1) is 21.1. The highest BCUT2D eigenvalue weighted by molar-refractivity contribution is 6.35. The van der Waals surface area contributed by atoms with Crippen LogP contribution in [-0.2, 0) is 16.0 Å². The summed E-state index contributed by atoms with van der Waals surface area (Å²) >= 11 is 0. The van der Waals surface area contributed by atoms with Crippen molar-refractivity contribution in [3.63, 3.8) is 0 Å². The molecule has 2 aromatic carbocycles. The quantitative estimate of drug-likeness (QED) is 0.646. The standard InChI is InChI=1S/C25H29N3O3/c1-3-31-21-11-9-20(10-12-21)22-23(27-17-15-26(2)16-18-27)25(30)28(24(22)29)14-13-19-7-5-4-6-8-19/h4-12H,3,13-18H2,1-2H3. The van der Waals surface area contributed by atoms with Crippen LogP contribution in [0.4, 0.5) is 0 Å². The van der Waals surface area contributed by atoms with Gasteiger partial charge in [-0.25, -0.2) is 0 Å². The number of amides is 2. The molecular weight excluding hydrogens is 390 g/mol. The van der Waals surface area contributed by atoms with Crippen molar-refractivity contribution >= 4 is 17.4 Å². The number of rotatable bonds is 7. The molecular formula is C25H29N3O3. The molecule has 0 saturated carbocycles. The number of carbonyl (C=O) groups is 2. The summed E-state index contributed by atoms with van der Waals surface area (Å²) in [6.07, 6.45) is 0.644. The van der Waals surface area contributed by atoms with Gasteiger partial charge in [-0.2, -0.15) is 0 Å². The van der Waals surface area contributed by atoms with Crippen LogP contribution in [0.1, 0.15) is 18.1 Å². The molecule has 1 saturated heterocycles. The Kier molecular flexibility index (Phi) is 6.37. The van der Waals surface area contributed by atoms with Gasteiger partial charge in [0.25, 0.3) is 11.8 Å². The molecule has 0 unspecified atom stereocenters. The third kappa shape index (κ3) is 4.49. The fraction of sp³-hybridized carbons (Fsp3) is 0.360. The van der Waals surface area contributed by atoms with Crippen LogP contribution >= 0.6 is 0 Å². The largest absolute Gasteiger partial charge is 0.494 e. The Morgan fingerprint density at radius 2 is 1.55 bits per heavy atom. The maximum atomic E-state index is 13.4. The van der Waals surface area contributed by atoms with Gasteiger partial charge in [0.15, 0.2) is 0 Å². The number of nitrogens with zero attached hydrogens (tertiary/aromatic N) is 3. The van der Waals surface area contributed by atoms with Crippen LogP contribution in [0.2, 0.25) is 0 Å². The highest BCUT2D eigenvalue weighted by Gasteiger charge is 2.41. The normalized spacial score (nSPS) is 17.6. The summed E-state index contributed by atoms with van der Waals surface area (Å²) in [7, 11) is 2.08. The van der Waals surface area contributed by atoms with E-state index in [2.05, 4.69) is 16.8 Å². The Morgan fingerprint density at radius 1 is 0.871 bits per heavy atom. The van der Waals surface area contributed by atoms with Gasteiger partial charge < -0.3 is 14.5 Å². The fourth-order valence-corrected chi connectivity index (χ4v) is 4.12. The average molecular weight is 420 g/mol. The molecule has 2 aromatic rings. The Balaban J connectivity index is 1.63. The third-order valence-corrected chi connectivity index (χ3v) is 5.88. The zero-order valence-electron chi connectivity index (χ0n) is 18.2. The zero-order valence-corrected chi connectivity index (χ0v) is 18.2. The van der Waals surface area contributed by atoms with Gasteiger partial charge in [0.2, 0.25) is 0 Å². The third-order valence-electron chi connectivity index (χ3n) is 5.88. The van der Waals surface area contributed by atoms with Crippen molar-refractivity contribution in [3.05, 3.63) is 71.4 Å². The first-order valence-electron chi connectivity index (χ1n) is 10.9. The molecule has 0 spiro atoms. The molecule has 2 aliphatic heterocycles. The minimum atomic E-state index is -0.209. The summed E-state index contributed by atoms with van der Waals surface area (Å²) in [5.74, 6) is 0.360. The summed E-state index contributed by atoms with van der Waals surface area (Å²) in [6.45, 7) is 6.09. The molecule has 6 heteroatoms. The van der Waals surface area contributed by atoms with Gasteiger partial charge in [-0.3, -0.25) is 14.5 Å². The summed E-state index contributed by atoms with van der Waals surface area (Å²) < 4.78 is 5.54. The molecule has 4 rings (SSSR count). The van der Waals surface area contributed by atoms with Gasteiger partial charge in [-0.05, 0) is 43.7 Å². The highest BCUT2D eigenvalue weighted by atomic mass is 16.5. The predicted molar refractivity (Wildman–Crippen MR) is 120 cm³/mol. The fourth-order valence-electron chi connectivity index (χ4n) is 4.12. The van der Waals surface area contributed by atoms with Gasteiger partial charge in [-0.1, -0.05) is 42.5 Å². The van der Waals surface area contributed by atoms with E-state index < -0.39 is 0 Å². The lowest BCUT2D eigenvalue weighted by Gasteiger charge is -2.34. The van der Waals surface area contributed by atoms with Crippen molar-refractivity contribution in [3.8, 4) is 5.75 Å². The Morgan fingerprint density at radius 3 is 2.19 bits per heavy atom. The molecule has 162 valence electrons. The van der Waals surface area contributed by atoms with Crippen molar-refractivity contribution in [2.45, 2.75) is 13.3 Å². The van der Waals surface area contributed by atoms with E-state index in [0.717, 1.165) is 43.1 Å². The molecule has 0 bridgehead atoms. The average Bonchev–Trinajstić information content (AvgIpc) is 3.04. The van der Waals surface area contributed by atoms with Crippen molar-refractivity contribution in [2.75, 3.05) is 46.4 Å². The van der Waals surface area contributed by atoms with Crippen molar-refractivity contribution in [1.82, 2.24) is 14.7 Å². The zero-order chi connectivity index (χ0) is 21.8. The first-order valence-corrected chi connectivity index (χ1v) is 10.9. The molecule has 2 amide bonds. The van der Waals surface area contributed by atoms with Crippen LogP contribution in [-0.4, -0.2) is 72.9 Å². The number of likely N-dealkylation sites (N-methyl/N-ethyl adjacent to an activating group) is 1. The van der Waals surface area contributed by atoms with Crippen LogP contribution in [0.3, 0.4) is 0 Å². The van der Waals surface area contributed by atoms with Crippen molar-refractivity contribution in [1.29, 1.82) is 0 Å². The summed E-state index contributed by atoms with van der Waals surface area (Å²) in [5.41, 5.74) is 2.91. The minimum absolute atomic E-state index is 0.186. The molecule has 31 heavy (non-hydrogen) atoms. The van der Waals surface area contributed by atoms with Gasteiger partial charge in [0, 0.05) is 32.7 Å². The van der Waals surface area contributed by atoms with E-state index in [0.29, 0.717) is 30.8 Å². The van der Waals surface area contributed by atoms with E-state index in [1.807, 2.05) is 61.5 Å².